The molecule has 5 nitrogen and oxygen atoms in total. The fraction of sp³-hybridized carbons (Fsp3) is 0.333. The number of ether oxygens (including phenoxy) is 1. The van der Waals surface area contributed by atoms with Crippen molar-refractivity contribution in [1.82, 2.24) is 10.3 Å². The van der Waals surface area contributed by atoms with Gasteiger partial charge in [0.25, 0.3) is 5.91 Å². The summed E-state index contributed by atoms with van der Waals surface area (Å²) in [7, 11) is 1.68. The quantitative estimate of drug-likeness (QED) is 0.698. The molecule has 0 aliphatic rings. The summed E-state index contributed by atoms with van der Waals surface area (Å²) >= 11 is 0. The second-order valence-corrected chi connectivity index (χ2v) is 5.23. The van der Waals surface area contributed by atoms with Gasteiger partial charge < -0.3 is 15.4 Å². The van der Waals surface area contributed by atoms with Crippen molar-refractivity contribution in [2.24, 2.45) is 0 Å². The topological polar surface area (TPSA) is 63.2 Å². The molecule has 0 saturated heterocycles. The van der Waals surface area contributed by atoms with Crippen LogP contribution in [-0.4, -0.2) is 37.7 Å². The first kappa shape index (κ1) is 17.0. The van der Waals surface area contributed by atoms with Crippen molar-refractivity contribution < 1.29 is 9.53 Å². The minimum atomic E-state index is -0.103. The summed E-state index contributed by atoms with van der Waals surface area (Å²) in [6.45, 7) is 2.10. The Morgan fingerprint density at radius 1 is 1.17 bits per heavy atom. The first-order valence-electron chi connectivity index (χ1n) is 7.79. The summed E-state index contributed by atoms with van der Waals surface area (Å²) in [5, 5.41) is 6.16. The molecular weight excluding hydrogens is 290 g/mol. The van der Waals surface area contributed by atoms with Gasteiger partial charge in [0.1, 0.15) is 0 Å². The van der Waals surface area contributed by atoms with E-state index in [1.807, 2.05) is 24.3 Å². The maximum atomic E-state index is 12.2. The number of carbonyl (C=O) groups is 1. The van der Waals surface area contributed by atoms with Gasteiger partial charge in [-0.3, -0.25) is 9.78 Å². The second-order valence-electron chi connectivity index (χ2n) is 5.23. The Morgan fingerprint density at radius 3 is 2.78 bits per heavy atom. The Hall–Kier alpha value is -2.40. The van der Waals surface area contributed by atoms with Gasteiger partial charge >= 0.3 is 0 Å². The number of hydrogen-bond donors (Lipinski definition) is 2. The first-order valence-corrected chi connectivity index (χ1v) is 7.79. The third-order valence-electron chi connectivity index (χ3n) is 3.40. The molecule has 23 heavy (non-hydrogen) atoms. The van der Waals surface area contributed by atoms with E-state index < -0.39 is 0 Å². The predicted octanol–water partition coefficient (Wildman–Crippen LogP) is 2.50. The summed E-state index contributed by atoms with van der Waals surface area (Å²) in [6.07, 6.45) is 5.02. The van der Waals surface area contributed by atoms with Crippen molar-refractivity contribution in [3.8, 4) is 0 Å². The van der Waals surface area contributed by atoms with Gasteiger partial charge in [-0.05, 0) is 24.5 Å². The lowest BCUT2D eigenvalue weighted by Crippen LogP contribution is -2.25. The highest BCUT2D eigenvalue weighted by molar-refractivity contribution is 5.94. The molecule has 0 fully saturated rings. The largest absolute Gasteiger partial charge is 0.385 e. The lowest BCUT2D eigenvalue weighted by Gasteiger charge is -2.08. The van der Waals surface area contributed by atoms with E-state index in [2.05, 4.69) is 27.8 Å². The van der Waals surface area contributed by atoms with Gasteiger partial charge in [0.2, 0.25) is 0 Å². The van der Waals surface area contributed by atoms with E-state index in [4.69, 9.17) is 4.74 Å². The van der Waals surface area contributed by atoms with E-state index >= 15 is 0 Å². The first-order chi connectivity index (χ1) is 11.3. The summed E-state index contributed by atoms with van der Waals surface area (Å²) in [5.74, 6) is -0.103. The minimum Gasteiger partial charge on any atom is -0.385 e. The molecule has 0 radical (unpaired) electrons. The molecule has 2 N–H and O–H groups in total. The third kappa shape index (κ3) is 6.08. The average molecular weight is 313 g/mol. The van der Waals surface area contributed by atoms with Crippen LogP contribution in [0.2, 0.25) is 0 Å². The number of nitrogens with one attached hydrogen (secondary N) is 2. The van der Waals surface area contributed by atoms with Gasteiger partial charge in [0.05, 0.1) is 11.3 Å². The predicted molar refractivity (Wildman–Crippen MR) is 91.7 cm³/mol. The van der Waals surface area contributed by atoms with Crippen molar-refractivity contribution in [3.63, 3.8) is 0 Å². The molecule has 2 aromatic rings. The van der Waals surface area contributed by atoms with E-state index in [1.54, 1.807) is 19.5 Å². The molecule has 5 heteroatoms. The van der Waals surface area contributed by atoms with Crippen LogP contribution < -0.4 is 10.6 Å². The average Bonchev–Trinajstić information content (AvgIpc) is 2.60. The normalized spacial score (nSPS) is 10.3. The number of carbonyl (C=O) groups excluding carboxylic acids is 1. The maximum Gasteiger partial charge on any atom is 0.252 e. The van der Waals surface area contributed by atoms with Crippen molar-refractivity contribution in [3.05, 3.63) is 59.9 Å². The van der Waals surface area contributed by atoms with Crippen LogP contribution >= 0.6 is 0 Å². The maximum absolute atomic E-state index is 12.2. The number of nitrogens with zero attached hydrogens (tertiary/aromatic N) is 1. The zero-order chi connectivity index (χ0) is 16.3. The molecule has 122 valence electrons. The highest BCUT2D eigenvalue weighted by atomic mass is 16.5. The molecule has 2 rings (SSSR count). The Balaban J connectivity index is 1.79. The van der Waals surface area contributed by atoms with Crippen molar-refractivity contribution in [2.45, 2.75) is 12.8 Å². The lowest BCUT2D eigenvalue weighted by atomic mass is 10.1. The fourth-order valence-corrected chi connectivity index (χ4v) is 2.18. The molecule has 0 aliphatic carbocycles. The fourth-order valence-electron chi connectivity index (χ4n) is 2.18. The molecule has 0 spiro atoms. The van der Waals surface area contributed by atoms with Crippen LogP contribution in [0, 0.1) is 0 Å². The second kappa shape index (κ2) is 9.58. The zero-order valence-electron chi connectivity index (χ0n) is 13.4. The van der Waals surface area contributed by atoms with Crippen LogP contribution in [0.1, 0.15) is 22.3 Å². The van der Waals surface area contributed by atoms with Crippen LogP contribution in [0.25, 0.3) is 0 Å². The molecule has 0 aliphatic heterocycles. The van der Waals surface area contributed by atoms with E-state index in [1.165, 1.54) is 5.56 Å². The highest BCUT2D eigenvalue weighted by Gasteiger charge is 2.06. The van der Waals surface area contributed by atoms with Gasteiger partial charge in [0.15, 0.2) is 0 Å². The van der Waals surface area contributed by atoms with Crippen molar-refractivity contribution in [1.29, 1.82) is 0 Å². The number of amides is 1. The number of benzene rings is 1. The zero-order valence-corrected chi connectivity index (χ0v) is 13.4. The van der Waals surface area contributed by atoms with Crippen LogP contribution in [0.3, 0.4) is 0 Å². The Morgan fingerprint density at radius 2 is 2.00 bits per heavy atom. The molecule has 1 aromatic heterocycles. The van der Waals surface area contributed by atoms with Gasteiger partial charge in [-0.2, -0.15) is 0 Å². The smallest absolute Gasteiger partial charge is 0.252 e. The van der Waals surface area contributed by atoms with Crippen LogP contribution in [-0.2, 0) is 11.2 Å². The summed E-state index contributed by atoms with van der Waals surface area (Å²) < 4.78 is 5.00. The molecule has 1 aromatic carbocycles. The number of pyridine rings is 1. The summed E-state index contributed by atoms with van der Waals surface area (Å²) in [6, 6.07) is 11.9. The number of aromatic nitrogens is 1. The number of methoxy groups -OCH3 is 1. The van der Waals surface area contributed by atoms with Crippen molar-refractivity contribution in [2.75, 3.05) is 32.1 Å². The van der Waals surface area contributed by atoms with Crippen LogP contribution in [0.15, 0.2) is 48.8 Å². The lowest BCUT2D eigenvalue weighted by molar-refractivity contribution is 0.0954. The molecule has 1 heterocycles. The van der Waals surface area contributed by atoms with E-state index in [0.29, 0.717) is 18.7 Å². The SMILES string of the molecule is COCCCNc1cncc(C(=O)NCCc2ccccc2)c1. The summed E-state index contributed by atoms with van der Waals surface area (Å²) in [5.41, 5.74) is 2.62. The third-order valence-corrected chi connectivity index (χ3v) is 3.40. The Bertz CT molecular complexity index is 602. The standard InChI is InChI=1S/C18H23N3O2/c1-23-11-5-9-20-17-12-16(13-19-14-17)18(22)21-10-8-15-6-3-2-4-7-15/h2-4,6-7,12-14,20H,5,8-11H2,1H3,(H,21,22). The van der Waals surface area contributed by atoms with E-state index in [9.17, 15) is 4.79 Å². The molecular formula is C18H23N3O2. The number of anilines is 1. The van der Waals surface area contributed by atoms with Gasteiger partial charge in [-0.15, -0.1) is 0 Å². The summed E-state index contributed by atoms with van der Waals surface area (Å²) in [4.78, 5) is 16.3. The Labute approximate surface area is 137 Å². The highest BCUT2D eigenvalue weighted by Crippen LogP contribution is 2.08. The van der Waals surface area contributed by atoms with Gasteiger partial charge in [-0.1, -0.05) is 30.3 Å². The molecule has 0 atom stereocenters. The number of rotatable bonds is 9. The van der Waals surface area contributed by atoms with E-state index in [0.717, 1.165) is 25.1 Å². The van der Waals surface area contributed by atoms with Crippen LogP contribution in [0.5, 0.6) is 0 Å². The monoisotopic (exact) mass is 313 g/mol. The number of hydrogen-bond acceptors (Lipinski definition) is 4. The molecule has 0 saturated carbocycles. The van der Waals surface area contributed by atoms with Crippen LogP contribution in [0.4, 0.5) is 5.69 Å². The Kier molecular flexibility index (Phi) is 7.07. The van der Waals surface area contributed by atoms with Gasteiger partial charge in [0, 0.05) is 39.2 Å². The van der Waals surface area contributed by atoms with E-state index in [-0.39, 0.29) is 5.91 Å². The molecule has 0 unspecified atom stereocenters. The minimum absolute atomic E-state index is 0.103. The molecule has 0 bridgehead atoms. The molecule has 1 amide bonds. The van der Waals surface area contributed by atoms with Crippen molar-refractivity contribution >= 4 is 11.6 Å². The van der Waals surface area contributed by atoms with Gasteiger partial charge in [-0.25, -0.2) is 0 Å².